The summed E-state index contributed by atoms with van der Waals surface area (Å²) in [6.07, 6.45) is 0. The molecule has 1 aromatic carbocycles. The molecule has 0 spiro atoms. The topological polar surface area (TPSA) is 64.6 Å². The highest BCUT2D eigenvalue weighted by molar-refractivity contribution is 14.1. The van der Waals surface area contributed by atoms with Crippen LogP contribution < -0.4 is 14.2 Å². The summed E-state index contributed by atoms with van der Waals surface area (Å²) in [4.78, 5) is 0.206. The largest absolute Gasteiger partial charge is 0.486 e. The molecule has 1 aliphatic rings. The van der Waals surface area contributed by atoms with Gasteiger partial charge in [0.25, 0.3) is 0 Å². The van der Waals surface area contributed by atoms with E-state index in [0.717, 1.165) is 4.43 Å². The van der Waals surface area contributed by atoms with Gasteiger partial charge in [-0.05, 0) is 18.1 Å². The summed E-state index contributed by atoms with van der Waals surface area (Å²) in [5, 5.41) is 0. The zero-order valence-electron chi connectivity index (χ0n) is 11.4. The molecule has 0 bridgehead atoms. The van der Waals surface area contributed by atoms with Crippen LogP contribution in [0.4, 0.5) is 0 Å². The molecular formula is C13H18INO4S. The van der Waals surface area contributed by atoms with Crippen molar-refractivity contribution in [2.45, 2.75) is 24.8 Å². The first-order valence-corrected chi connectivity index (χ1v) is 9.43. The summed E-state index contributed by atoms with van der Waals surface area (Å²) < 4.78 is 39.0. The maximum Gasteiger partial charge on any atom is 0.240 e. The Bertz CT molecular complexity index is 574. The van der Waals surface area contributed by atoms with Gasteiger partial charge in [-0.2, -0.15) is 0 Å². The zero-order valence-corrected chi connectivity index (χ0v) is 14.4. The average molecular weight is 411 g/mol. The predicted octanol–water partition coefficient (Wildman–Crippen LogP) is 2.20. The van der Waals surface area contributed by atoms with E-state index in [9.17, 15) is 8.42 Å². The highest BCUT2D eigenvalue weighted by Gasteiger charge is 2.23. The van der Waals surface area contributed by atoms with Crippen LogP contribution in [0.1, 0.15) is 13.8 Å². The van der Waals surface area contributed by atoms with E-state index in [2.05, 4.69) is 27.3 Å². The van der Waals surface area contributed by atoms with Crippen LogP contribution in [0.3, 0.4) is 0 Å². The van der Waals surface area contributed by atoms with Gasteiger partial charge in [0.2, 0.25) is 10.0 Å². The number of alkyl halides is 1. The lowest BCUT2D eigenvalue weighted by molar-refractivity contribution is 0.171. The van der Waals surface area contributed by atoms with Gasteiger partial charge >= 0.3 is 0 Å². The summed E-state index contributed by atoms with van der Waals surface area (Å²) >= 11 is 2.19. The van der Waals surface area contributed by atoms with Crippen LogP contribution >= 0.6 is 22.6 Å². The smallest absolute Gasteiger partial charge is 0.240 e. The van der Waals surface area contributed by atoms with Crippen molar-refractivity contribution in [1.82, 2.24) is 4.72 Å². The van der Waals surface area contributed by atoms with Crippen LogP contribution in [-0.4, -0.2) is 32.1 Å². The van der Waals surface area contributed by atoms with E-state index in [4.69, 9.17) is 9.47 Å². The Labute approximate surface area is 133 Å². The molecule has 1 atom stereocenters. The van der Waals surface area contributed by atoms with Gasteiger partial charge in [-0.15, -0.1) is 0 Å². The van der Waals surface area contributed by atoms with Gasteiger partial charge in [-0.3, -0.25) is 0 Å². The van der Waals surface area contributed by atoms with Crippen molar-refractivity contribution in [2.24, 2.45) is 5.92 Å². The fourth-order valence-electron chi connectivity index (χ4n) is 1.80. The van der Waals surface area contributed by atoms with Crippen molar-refractivity contribution in [3.63, 3.8) is 0 Å². The molecule has 1 unspecified atom stereocenters. The minimum absolute atomic E-state index is 0.0891. The molecule has 0 fully saturated rings. The summed E-state index contributed by atoms with van der Waals surface area (Å²) in [5.74, 6) is 1.30. The molecule has 0 amide bonds. The first-order chi connectivity index (χ1) is 9.44. The fraction of sp³-hybridized carbons (Fsp3) is 0.538. The van der Waals surface area contributed by atoms with Gasteiger partial charge in [0, 0.05) is 16.5 Å². The Morgan fingerprint density at radius 1 is 1.25 bits per heavy atom. The van der Waals surface area contributed by atoms with Crippen LogP contribution in [-0.2, 0) is 10.0 Å². The second-order valence-corrected chi connectivity index (χ2v) is 7.53. The van der Waals surface area contributed by atoms with Crippen molar-refractivity contribution >= 4 is 32.6 Å². The molecule has 1 aromatic rings. The van der Waals surface area contributed by atoms with Crippen molar-refractivity contribution in [1.29, 1.82) is 0 Å². The molecule has 20 heavy (non-hydrogen) atoms. The molecule has 0 saturated carbocycles. The fourth-order valence-corrected chi connectivity index (χ4v) is 4.74. The highest BCUT2D eigenvalue weighted by Crippen LogP contribution is 2.32. The molecule has 0 aliphatic carbocycles. The molecule has 5 nitrogen and oxygen atoms in total. The van der Waals surface area contributed by atoms with Crippen LogP contribution in [0.5, 0.6) is 11.5 Å². The van der Waals surface area contributed by atoms with Gasteiger partial charge in [0.15, 0.2) is 11.5 Å². The average Bonchev–Trinajstić information content (AvgIpc) is 2.44. The van der Waals surface area contributed by atoms with E-state index in [1.807, 2.05) is 13.8 Å². The molecule has 112 valence electrons. The molecule has 0 radical (unpaired) electrons. The normalized spacial score (nSPS) is 16.2. The number of hydrogen-bond acceptors (Lipinski definition) is 4. The highest BCUT2D eigenvalue weighted by atomic mass is 127. The number of fused-ring (bicyclic) bond motifs is 1. The minimum Gasteiger partial charge on any atom is -0.486 e. The van der Waals surface area contributed by atoms with E-state index < -0.39 is 10.0 Å². The molecule has 0 saturated heterocycles. The summed E-state index contributed by atoms with van der Waals surface area (Å²) in [7, 11) is -3.54. The van der Waals surface area contributed by atoms with Gasteiger partial charge in [0.05, 0.1) is 4.90 Å². The number of sulfonamides is 1. The van der Waals surface area contributed by atoms with E-state index >= 15 is 0 Å². The molecule has 0 aromatic heterocycles. The third kappa shape index (κ3) is 3.56. The standard InChI is InChI=1S/C13H18INO4S/c1-9(2)11(8-14)15-20(16,17)10-3-4-12-13(7-10)19-6-5-18-12/h3-4,7,9,11,15H,5-6,8H2,1-2H3. The minimum atomic E-state index is -3.54. The third-order valence-electron chi connectivity index (χ3n) is 3.10. The van der Waals surface area contributed by atoms with Crippen LogP contribution in [0.2, 0.25) is 0 Å². The zero-order chi connectivity index (χ0) is 14.8. The van der Waals surface area contributed by atoms with Gasteiger partial charge in [-0.25, -0.2) is 13.1 Å². The number of halogens is 1. The Morgan fingerprint density at radius 3 is 2.50 bits per heavy atom. The van der Waals surface area contributed by atoms with Crippen molar-refractivity contribution < 1.29 is 17.9 Å². The number of benzene rings is 1. The lowest BCUT2D eigenvalue weighted by Crippen LogP contribution is -2.39. The van der Waals surface area contributed by atoms with Gasteiger partial charge in [0.1, 0.15) is 13.2 Å². The third-order valence-corrected chi connectivity index (χ3v) is 5.54. The number of hydrogen-bond donors (Lipinski definition) is 1. The molecule has 7 heteroatoms. The SMILES string of the molecule is CC(C)C(CI)NS(=O)(=O)c1ccc2c(c1)OCCO2. The van der Waals surface area contributed by atoms with E-state index in [1.165, 1.54) is 6.07 Å². The second-order valence-electron chi connectivity index (χ2n) is 4.93. The molecule has 2 rings (SSSR count). The van der Waals surface area contributed by atoms with Crippen molar-refractivity contribution in [3.05, 3.63) is 18.2 Å². The number of nitrogens with one attached hydrogen (secondary N) is 1. The Kier molecular flexibility index (Phi) is 5.14. The Balaban J connectivity index is 2.25. The predicted molar refractivity (Wildman–Crippen MR) is 85.3 cm³/mol. The molecule has 1 heterocycles. The number of ether oxygens (including phenoxy) is 2. The van der Waals surface area contributed by atoms with Gasteiger partial charge < -0.3 is 9.47 Å². The molecule has 1 aliphatic heterocycles. The maximum absolute atomic E-state index is 12.4. The summed E-state index contributed by atoms with van der Waals surface area (Å²) in [6, 6.07) is 4.60. The molecular weight excluding hydrogens is 393 g/mol. The second kappa shape index (κ2) is 6.48. The first-order valence-electron chi connectivity index (χ1n) is 6.42. The van der Waals surface area contributed by atoms with Crippen molar-refractivity contribution in [3.8, 4) is 11.5 Å². The summed E-state index contributed by atoms with van der Waals surface area (Å²) in [6.45, 7) is 4.92. The quantitative estimate of drug-likeness (QED) is 0.596. The summed E-state index contributed by atoms with van der Waals surface area (Å²) in [5.41, 5.74) is 0. The van der Waals surface area contributed by atoms with Crippen LogP contribution in [0, 0.1) is 5.92 Å². The Hall–Kier alpha value is -0.540. The van der Waals surface area contributed by atoms with Crippen LogP contribution in [0.25, 0.3) is 0 Å². The van der Waals surface area contributed by atoms with Crippen LogP contribution in [0.15, 0.2) is 23.1 Å². The lowest BCUT2D eigenvalue weighted by atomic mass is 10.1. The van der Waals surface area contributed by atoms with E-state index in [0.29, 0.717) is 24.7 Å². The molecule has 1 N–H and O–H groups in total. The number of rotatable bonds is 5. The lowest BCUT2D eigenvalue weighted by Gasteiger charge is -2.21. The first kappa shape index (κ1) is 15.8. The monoisotopic (exact) mass is 411 g/mol. The van der Waals surface area contributed by atoms with Crippen molar-refractivity contribution in [2.75, 3.05) is 17.6 Å². The van der Waals surface area contributed by atoms with E-state index in [1.54, 1.807) is 12.1 Å². The van der Waals surface area contributed by atoms with Gasteiger partial charge in [-0.1, -0.05) is 36.4 Å². The maximum atomic E-state index is 12.4. The Morgan fingerprint density at radius 2 is 1.90 bits per heavy atom. The van der Waals surface area contributed by atoms with E-state index in [-0.39, 0.29) is 16.9 Å².